The van der Waals surface area contributed by atoms with E-state index < -0.39 is 0 Å². The predicted molar refractivity (Wildman–Crippen MR) is 105 cm³/mol. The van der Waals surface area contributed by atoms with Crippen molar-refractivity contribution in [2.45, 2.75) is 64.7 Å². The molecule has 3 rings (SSSR count). The first kappa shape index (κ1) is 17.9. The summed E-state index contributed by atoms with van der Waals surface area (Å²) in [7, 11) is 0. The Labute approximate surface area is 152 Å². The van der Waals surface area contributed by atoms with Crippen LogP contribution in [0, 0.1) is 0 Å². The minimum absolute atomic E-state index is 0.170. The topological polar surface area (TPSA) is 12.5 Å². The third-order valence-electron chi connectivity index (χ3n) is 5.64. The summed E-state index contributed by atoms with van der Waals surface area (Å²) in [6.45, 7) is 15.2. The Bertz CT molecular complexity index is 636. The van der Waals surface area contributed by atoms with Crippen molar-refractivity contribution in [3.63, 3.8) is 0 Å². The minimum Gasteiger partial charge on any atom is -0.378 e. The van der Waals surface area contributed by atoms with Crippen LogP contribution in [0.15, 0.2) is 12.1 Å². The van der Waals surface area contributed by atoms with Gasteiger partial charge in [-0.25, -0.2) is 0 Å². The van der Waals surface area contributed by atoms with E-state index in [1.54, 1.807) is 11.1 Å². The highest BCUT2D eigenvalue weighted by Gasteiger charge is 2.33. The molecule has 0 aromatic heterocycles. The van der Waals surface area contributed by atoms with E-state index in [-0.39, 0.29) is 10.8 Å². The molecule has 24 heavy (non-hydrogen) atoms. The molecule has 0 atom stereocenters. The van der Waals surface area contributed by atoms with Gasteiger partial charge in [-0.2, -0.15) is 0 Å². The van der Waals surface area contributed by atoms with Crippen LogP contribution in [0.1, 0.15) is 63.3 Å². The molecular weight excluding hydrogens is 314 g/mol. The maximum absolute atomic E-state index is 5.79. The summed E-state index contributed by atoms with van der Waals surface area (Å²) in [5.74, 6) is 0. The average molecular weight is 346 g/mol. The summed E-state index contributed by atoms with van der Waals surface area (Å²) in [6, 6.07) is 4.89. The van der Waals surface area contributed by atoms with Crippen LogP contribution in [0.4, 0.5) is 0 Å². The van der Waals surface area contributed by atoms with Crippen molar-refractivity contribution in [2.24, 2.45) is 0 Å². The Balaban J connectivity index is 1.95. The molecule has 132 valence electrons. The number of fused-ring (bicyclic) bond motifs is 1. The molecule has 1 saturated heterocycles. The third-order valence-corrected chi connectivity index (χ3v) is 6.05. The Kier molecular flexibility index (Phi) is 4.78. The summed E-state index contributed by atoms with van der Waals surface area (Å²) < 4.78 is 5.46. The molecule has 0 radical (unpaired) electrons. The van der Waals surface area contributed by atoms with Crippen molar-refractivity contribution >= 4 is 17.2 Å². The first-order valence-electron chi connectivity index (χ1n) is 9.21. The van der Waals surface area contributed by atoms with Crippen molar-refractivity contribution in [3.05, 3.63) is 34.4 Å². The van der Waals surface area contributed by atoms with E-state index in [4.69, 9.17) is 17.0 Å². The van der Waals surface area contributed by atoms with Crippen molar-refractivity contribution < 1.29 is 4.74 Å². The van der Waals surface area contributed by atoms with E-state index in [2.05, 4.69) is 51.7 Å². The van der Waals surface area contributed by atoms with Crippen LogP contribution in [0.2, 0.25) is 0 Å². The highest BCUT2D eigenvalue weighted by molar-refractivity contribution is 7.80. The lowest BCUT2D eigenvalue weighted by atomic mass is 9.79. The third kappa shape index (κ3) is 3.52. The molecule has 0 saturated carbocycles. The van der Waals surface area contributed by atoms with Crippen LogP contribution in [0.5, 0.6) is 0 Å². The molecular formula is C21H31NOS. The van der Waals surface area contributed by atoms with Crippen LogP contribution in [-0.4, -0.2) is 36.2 Å². The van der Waals surface area contributed by atoms with Crippen LogP contribution >= 0.6 is 12.2 Å². The quantitative estimate of drug-likeness (QED) is 0.737. The molecule has 1 aromatic rings. The molecule has 1 fully saturated rings. The molecule has 0 bridgehead atoms. The van der Waals surface area contributed by atoms with Gasteiger partial charge in [0.1, 0.15) is 0 Å². The average Bonchev–Trinajstić information content (AvgIpc) is 2.83. The molecule has 1 aliphatic carbocycles. The number of rotatable bonds is 2. The largest absolute Gasteiger partial charge is 0.378 e. The van der Waals surface area contributed by atoms with Gasteiger partial charge in [0.15, 0.2) is 0 Å². The Morgan fingerprint density at radius 3 is 2.50 bits per heavy atom. The van der Waals surface area contributed by atoms with Gasteiger partial charge >= 0.3 is 0 Å². The summed E-state index contributed by atoms with van der Waals surface area (Å²) in [4.78, 5) is 3.41. The van der Waals surface area contributed by atoms with Crippen molar-refractivity contribution in [2.75, 3.05) is 26.3 Å². The Hall–Kier alpha value is -0.930. The number of thiocarbonyl (C=S) groups is 1. The maximum Gasteiger partial charge on any atom is 0.0825 e. The maximum atomic E-state index is 5.79. The van der Waals surface area contributed by atoms with Gasteiger partial charge < -0.3 is 9.64 Å². The first-order chi connectivity index (χ1) is 11.2. The van der Waals surface area contributed by atoms with E-state index >= 15 is 0 Å². The number of hydrogen-bond acceptors (Lipinski definition) is 2. The van der Waals surface area contributed by atoms with Crippen LogP contribution in [0.25, 0.3) is 0 Å². The van der Waals surface area contributed by atoms with E-state index in [1.165, 1.54) is 24.0 Å². The molecule has 1 aromatic carbocycles. The second-order valence-electron chi connectivity index (χ2n) is 8.97. The monoisotopic (exact) mass is 345 g/mol. The van der Waals surface area contributed by atoms with Crippen LogP contribution < -0.4 is 0 Å². The molecule has 2 aliphatic rings. The molecule has 0 unspecified atom stereocenters. The molecule has 3 heteroatoms. The second-order valence-corrected chi connectivity index (χ2v) is 9.44. The fourth-order valence-electron chi connectivity index (χ4n) is 3.88. The van der Waals surface area contributed by atoms with Gasteiger partial charge in [-0.3, -0.25) is 0 Å². The van der Waals surface area contributed by atoms with Gasteiger partial charge in [-0.05, 0) is 45.9 Å². The molecule has 0 spiro atoms. The minimum atomic E-state index is 0.170. The van der Waals surface area contributed by atoms with E-state index in [9.17, 15) is 0 Å². The molecule has 1 aliphatic heterocycles. The standard InChI is InChI=1S/C21H31NOS/c1-20(2,3)16-12-15(13-19(24)22-8-10-23-11-9-22)17-6-7-21(4,5)18(17)14-16/h12,14H,6-11,13H2,1-5H3. The Morgan fingerprint density at radius 2 is 1.88 bits per heavy atom. The van der Waals surface area contributed by atoms with Gasteiger partial charge in [0.25, 0.3) is 0 Å². The number of nitrogens with zero attached hydrogens (tertiary/aromatic N) is 1. The SMILES string of the molecule is CC(C)(C)c1cc(CC(=S)N2CCOCC2)c2c(c1)C(C)(C)CC2. The zero-order chi connectivity index (χ0) is 17.5. The lowest BCUT2D eigenvalue weighted by Crippen LogP contribution is -2.40. The molecule has 0 amide bonds. The van der Waals surface area contributed by atoms with Gasteiger partial charge in [-0.15, -0.1) is 0 Å². The van der Waals surface area contributed by atoms with Crippen molar-refractivity contribution in [1.82, 2.24) is 4.90 Å². The van der Waals surface area contributed by atoms with Gasteiger partial charge in [0.2, 0.25) is 0 Å². The molecule has 2 nitrogen and oxygen atoms in total. The number of ether oxygens (including phenoxy) is 1. The number of morpholine rings is 1. The van der Waals surface area contributed by atoms with Gasteiger partial charge in [-0.1, -0.05) is 59.0 Å². The van der Waals surface area contributed by atoms with Crippen LogP contribution in [-0.2, 0) is 28.4 Å². The fraction of sp³-hybridized carbons (Fsp3) is 0.667. The van der Waals surface area contributed by atoms with Crippen molar-refractivity contribution in [1.29, 1.82) is 0 Å². The van der Waals surface area contributed by atoms with E-state index in [0.29, 0.717) is 0 Å². The summed E-state index contributed by atoms with van der Waals surface area (Å²) >= 11 is 5.79. The van der Waals surface area contributed by atoms with Gasteiger partial charge in [0.05, 0.1) is 18.2 Å². The summed E-state index contributed by atoms with van der Waals surface area (Å²) in [5, 5.41) is 0. The predicted octanol–water partition coefficient (Wildman–Crippen LogP) is 4.41. The highest BCUT2D eigenvalue weighted by atomic mass is 32.1. The second kappa shape index (κ2) is 6.42. The fourth-order valence-corrected chi connectivity index (χ4v) is 4.22. The Morgan fingerprint density at radius 1 is 1.21 bits per heavy atom. The normalized spacial score (nSPS) is 20.1. The van der Waals surface area contributed by atoms with Gasteiger partial charge in [0, 0.05) is 19.5 Å². The van der Waals surface area contributed by atoms with E-state index in [0.717, 1.165) is 37.7 Å². The number of hydrogen-bond donors (Lipinski definition) is 0. The lowest BCUT2D eigenvalue weighted by molar-refractivity contribution is 0.0684. The molecule has 1 heterocycles. The van der Waals surface area contributed by atoms with Crippen LogP contribution in [0.3, 0.4) is 0 Å². The lowest BCUT2D eigenvalue weighted by Gasteiger charge is -2.30. The zero-order valence-electron chi connectivity index (χ0n) is 15.9. The zero-order valence-corrected chi connectivity index (χ0v) is 16.7. The highest BCUT2D eigenvalue weighted by Crippen LogP contribution is 2.42. The summed E-state index contributed by atoms with van der Waals surface area (Å²) in [5.41, 5.74) is 6.46. The number of benzene rings is 1. The molecule has 0 N–H and O–H groups in total. The van der Waals surface area contributed by atoms with E-state index in [1.807, 2.05) is 0 Å². The smallest absolute Gasteiger partial charge is 0.0825 e. The summed E-state index contributed by atoms with van der Waals surface area (Å²) in [6.07, 6.45) is 3.33. The first-order valence-corrected chi connectivity index (χ1v) is 9.61. The van der Waals surface area contributed by atoms with Crippen molar-refractivity contribution in [3.8, 4) is 0 Å².